The molecule has 0 unspecified atom stereocenters. The summed E-state index contributed by atoms with van der Waals surface area (Å²) in [4.78, 5) is 4.69. The molecule has 0 spiro atoms. The van der Waals surface area contributed by atoms with Crippen molar-refractivity contribution in [3.63, 3.8) is 0 Å². The van der Waals surface area contributed by atoms with Gasteiger partial charge in [-0.25, -0.2) is 0 Å². The monoisotopic (exact) mass is 311 g/mol. The lowest BCUT2D eigenvalue weighted by Gasteiger charge is -2.13. The first-order valence-electron chi connectivity index (χ1n) is 8.41. The van der Waals surface area contributed by atoms with Crippen molar-refractivity contribution in [2.24, 2.45) is 0 Å². The molecular weight excluding hydrogens is 290 g/mol. The van der Waals surface area contributed by atoms with Crippen LogP contribution in [-0.2, 0) is 0 Å². The van der Waals surface area contributed by atoms with Crippen molar-refractivity contribution in [2.75, 3.05) is 0 Å². The lowest BCUT2D eigenvalue weighted by Crippen LogP contribution is -1.92. The van der Waals surface area contributed by atoms with Gasteiger partial charge in [0.2, 0.25) is 0 Å². The molecule has 1 aromatic heterocycles. The van der Waals surface area contributed by atoms with Crippen molar-refractivity contribution in [3.8, 4) is 11.3 Å². The second kappa shape index (κ2) is 5.45. The van der Waals surface area contributed by atoms with Crippen LogP contribution in [0.3, 0.4) is 0 Å². The SMILES string of the molecule is Cc1cccc(-c2nccc3c2ccc2c(C)c(C)c(C)cc23)c1. The van der Waals surface area contributed by atoms with Gasteiger partial charge in [-0.1, -0.05) is 42.0 Å². The number of nitrogens with zero attached hydrogens (tertiary/aromatic N) is 1. The number of pyridine rings is 1. The van der Waals surface area contributed by atoms with Crippen molar-refractivity contribution >= 4 is 21.5 Å². The van der Waals surface area contributed by atoms with E-state index in [1.165, 1.54) is 49.4 Å². The molecule has 118 valence electrons. The molecule has 0 aliphatic heterocycles. The van der Waals surface area contributed by atoms with Crippen molar-refractivity contribution in [1.82, 2.24) is 4.98 Å². The third-order valence-corrected chi connectivity index (χ3v) is 5.20. The molecule has 0 aliphatic carbocycles. The third-order valence-electron chi connectivity index (χ3n) is 5.20. The Labute approximate surface area is 143 Å². The summed E-state index contributed by atoms with van der Waals surface area (Å²) in [6, 6.07) is 17.5. The Morgan fingerprint density at radius 1 is 0.667 bits per heavy atom. The van der Waals surface area contributed by atoms with Crippen molar-refractivity contribution < 1.29 is 0 Å². The number of rotatable bonds is 1. The first-order chi connectivity index (χ1) is 11.6. The predicted octanol–water partition coefficient (Wildman–Crippen LogP) is 6.29. The molecule has 0 saturated heterocycles. The van der Waals surface area contributed by atoms with Crippen LogP contribution >= 0.6 is 0 Å². The van der Waals surface area contributed by atoms with Crippen LogP contribution in [0.4, 0.5) is 0 Å². The van der Waals surface area contributed by atoms with E-state index in [1.807, 2.05) is 6.20 Å². The van der Waals surface area contributed by atoms with Crippen LogP contribution in [0, 0.1) is 27.7 Å². The van der Waals surface area contributed by atoms with E-state index in [9.17, 15) is 0 Å². The quantitative estimate of drug-likeness (QED) is 0.376. The van der Waals surface area contributed by atoms with Gasteiger partial charge >= 0.3 is 0 Å². The summed E-state index contributed by atoms with van der Waals surface area (Å²) >= 11 is 0. The summed E-state index contributed by atoms with van der Waals surface area (Å²) in [7, 11) is 0. The number of hydrogen-bond acceptors (Lipinski definition) is 1. The zero-order chi connectivity index (χ0) is 16.8. The van der Waals surface area contributed by atoms with Gasteiger partial charge in [0.1, 0.15) is 0 Å². The van der Waals surface area contributed by atoms with Crippen LogP contribution in [0.5, 0.6) is 0 Å². The number of aryl methyl sites for hydroxylation is 3. The number of fused-ring (bicyclic) bond motifs is 3. The maximum absolute atomic E-state index is 4.69. The fraction of sp³-hybridized carbons (Fsp3) is 0.174. The standard InChI is InChI=1S/C23H21N/c1-14-6-5-7-18(12-14)23-21-9-8-19-17(4)16(3)15(2)13-22(19)20(21)10-11-24-23/h5-13H,1-4H3. The van der Waals surface area contributed by atoms with Crippen molar-refractivity contribution in [1.29, 1.82) is 0 Å². The van der Waals surface area contributed by atoms with Crippen LogP contribution < -0.4 is 0 Å². The molecule has 0 atom stereocenters. The highest BCUT2D eigenvalue weighted by Crippen LogP contribution is 2.34. The minimum Gasteiger partial charge on any atom is -0.256 e. The molecule has 4 aromatic rings. The zero-order valence-electron chi connectivity index (χ0n) is 14.6. The summed E-state index contributed by atoms with van der Waals surface area (Å²) < 4.78 is 0. The van der Waals surface area contributed by atoms with E-state index < -0.39 is 0 Å². The van der Waals surface area contributed by atoms with Gasteiger partial charge in [0, 0.05) is 17.1 Å². The lowest BCUT2D eigenvalue weighted by atomic mass is 9.92. The largest absolute Gasteiger partial charge is 0.256 e. The van der Waals surface area contributed by atoms with Gasteiger partial charge in [0.25, 0.3) is 0 Å². The zero-order valence-corrected chi connectivity index (χ0v) is 14.6. The van der Waals surface area contributed by atoms with Gasteiger partial charge < -0.3 is 0 Å². The van der Waals surface area contributed by atoms with E-state index in [0.29, 0.717) is 0 Å². The molecule has 0 N–H and O–H groups in total. The molecular formula is C23H21N. The van der Waals surface area contributed by atoms with E-state index in [0.717, 1.165) is 5.69 Å². The maximum Gasteiger partial charge on any atom is 0.0780 e. The highest BCUT2D eigenvalue weighted by molar-refractivity contribution is 6.12. The first-order valence-corrected chi connectivity index (χ1v) is 8.41. The van der Waals surface area contributed by atoms with Gasteiger partial charge in [-0.15, -0.1) is 0 Å². The van der Waals surface area contributed by atoms with E-state index in [2.05, 4.69) is 81.2 Å². The molecule has 1 nitrogen and oxygen atoms in total. The number of aromatic nitrogens is 1. The Bertz CT molecular complexity index is 1090. The number of benzene rings is 3. The van der Waals surface area contributed by atoms with Crippen LogP contribution in [0.1, 0.15) is 22.3 Å². The molecule has 0 fully saturated rings. The fourth-order valence-corrected chi connectivity index (χ4v) is 3.61. The van der Waals surface area contributed by atoms with Gasteiger partial charge in [-0.2, -0.15) is 0 Å². The maximum atomic E-state index is 4.69. The molecule has 0 amide bonds. The molecule has 24 heavy (non-hydrogen) atoms. The average Bonchev–Trinajstić information content (AvgIpc) is 2.59. The van der Waals surface area contributed by atoms with E-state index in [4.69, 9.17) is 0 Å². The molecule has 0 bridgehead atoms. The van der Waals surface area contributed by atoms with E-state index in [-0.39, 0.29) is 0 Å². The summed E-state index contributed by atoms with van der Waals surface area (Å²) in [5.74, 6) is 0. The van der Waals surface area contributed by atoms with Crippen LogP contribution in [0.15, 0.2) is 54.7 Å². The summed E-state index contributed by atoms with van der Waals surface area (Å²) in [6.07, 6.45) is 1.93. The van der Waals surface area contributed by atoms with Crippen LogP contribution in [0.2, 0.25) is 0 Å². The fourth-order valence-electron chi connectivity index (χ4n) is 3.61. The minimum absolute atomic E-state index is 1.06. The second-order valence-corrected chi connectivity index (χ2v) is 6.73. The minimum atomic E-state index is 1.06. The molecule has 0 radical (unpaired) electrons. The second-order valence-electron chi connectivity index (χ2n) is 6.73. The molecule has 1 heteroatoms. The van der Waals surface area contributed by atoms with E-state index >= 15 is 0 Å². The van der Waals surface area contributed by atoms with Crippen molar-refractivity contribution in [3.05, 3.63) is 77.0 Å². The van der Waals surface area contributed by atoms with Gasteiger partial charge in [-0.05, 0) is 72.7 Å². The summed E-state index contributed by atoms with van der Waals surface area (Å²) in [5, 5.41) is 5.17. The average molecular weight is 311 g/mol. The predicted molar refractivity (Wildman–Crippen MR) is 104 cm³/mol. The van der Waals surface area contributed by atoms with E-state index in [1.54, 1.807) is 0 Å². The van der Waals surface area contributed by atoms with Gasteiger partial charge in [0.05, 0.1) is 5.69 Å². The van der Waals surface area contributed by atoms with Gasteiger partial charge in [-0.3, -0.25) is 4.98 Å². The topological polar surface area (TPSA) is 12.9 Å². The molecule has 0 saturated carbocycles. The highest BCUT2D eigenvalue weighted by Gasteiger charge is 2.11. The van der Waals surface area contributed by atoms with Crippen molar-refractivity contribution in [2.45, 2.75) is 27.7 Å². The Morgan fingerprint density at radius 3 is 2.25 bits per heavy atom. The molecule has 3 aromatic carbocycles. The third kappa shape index (κ3) is 2.20. The summed E-state index contributed by atoms with van der Waals surface area (Å²) in [6.45, 7) is 8.75. The lowest BCUT2D eigenvalue weighted by molar-refractivity contribution is 1.30. The normalized spacial score (nSPS) is 11.3. The Balaban J connectivity index is 2.11. The van der Waals surface area contributed by atoms with Gasteiger partial charge in [0.15, 0.2) is 0 Å². The molecule has 0 aliphatic rings. The molecule has 4 rings (SSSR count). The Morgan fingerprint density at radius 2 is 1.46 bits per heavy atom. The van der Waals surface area contributed by atoms with Crippen LogP contribution in [-0.4, -0.2) is 4.98 Å². The Hall–Kier alpha value is -2.67. The van der Waals surface area contributed by atoms with Crippen LogP contribution in [0.25, 0.3) is 32.8 Å². The number of hydrogen-bond donors (Lipinski definition) is 0. The molecule has 1 heterocycles. The Kier molecular flexibility index (Phi) is 3.38. The first kappa shape index (κ1) is 14.9. The smallest absolute Gasteiger partial charge is 0.0780 e. The summed E-state index contributed by atoms with van der Waals surface area (Å²) in [5.41, 5.74) is 7.61. The highest BCUT2D eigenvalue weighted by atomic mass is 14.7.